The molecule has 1 rings (SSSR count). The normalized spacial score (nSPS) is 14.4. The summed E-state index contributed by atoms with van der Waals surface area (Å²) >= 11 is 0. The Hall–Kier alpha value is 0.454. The second kappa shape index (κ2) is 18.8. The average Bonchev–Trinajstić information content (AvgIpc) is 2.74. The Balaban J connectivity index is -0.000000191. The van der Waals surface area contributed by atoms with E-state index in [0.29, 0.717) is 0 Å². The van der Waals surface area contributed by atoms with E-state index >= 15 is 0 Å². The van der Waals surface area contributed by atoms with Gasteiger partial charge in [0.1, 0.15) is 0 Å². The van der Waals surface area contributed by atoms with E-state index in [0.717, 1.165) is 11.8 Å². The van der Waals surface area contributed by atoms with Gasteiger partial charge in [-0.3, -0.25) is 6.58 Å². The van der Waals surface area contributed by atoms with Crippen LogP contribution in [0.25, 0.3) is 0 Å². The summed E-state index contributed by atoms with van der Waals surface area (Å²) in [5.74, 6) is 2.01. The molecule has 1 aliphatic rings. The molecule has 0 aromatic carbocycles. The summed E-state index contributed by atoms with van der Waals surface area (Å²) in [7, 11) is 0. The second-order valence-corrected chi connectivity index (χ2v) is 4.49. The molecule has 0 atom stereocenters. The van der Waals surface area contributed by atoms with Gasteiger partial charge in [-0.15, -0.1) is 0 Å². The number of allylic oxidation sites excluding steroid dienone is 3. The van der Waals surface area contributed by atoms with E-state index in [-0.39, 0.29) is 32.7 Å². The van der Waals surface area contributed by atoms with Crippen molar-refractivity contribution in [3.8, 4) is 0 Å². The van der Waals surface area contributed by atoms with Gasteiger partial charge in [-0.2, -0.15) is 13.8 Å². The first kappa shape index (κ1) is 22.6. The van der Waals surface area contributed by atoms with Crippen molar-refractivity contribution in [1.29, 1.82) is 0 Å². The fourth-order valence-corrected chi connectivity index (χ4v) is 1.70. The Morgan fingerprint density at radius 2 is 1.65 bits per heavy atom. The predicted molar refractivity (Wildman–Crippen MR) is 75.8 cm³/mol. The topological polar surface area (TPSA) is 0 Å². The van der Waals surface area contributed by atoms with Gasteiger partial charge in [0.2, 0.25) is 0 Å². The minimum Gasteiger partial charge on any atom is -0.335 e. The summed E-state index contributed by atoms with van der Waals surface area (Å²) < 4.78 is 0. The SMILES string of the molecule is CC(C)C1CCCC1.C[CH-]C.[CH-]=CC=C[CH2-].[Y+3]. The third kappa shape index (κ3) is 19.0. The van der Waals surface area contributed by atoms with Crippen LogP contribution < -0.4 is 0 Å². The van der Waals surface area contributed by atoms with E-state index in [1.54, 1.807) is 12.2 Å². The summed E-state index contributed by atoms with van der Waals surface area (Å²) in [5, 5.41) is 0. The van der Waals surface area contributed by atoms with E-state index in [4.69, 9.17) is 6.58 Å². The maximum absolute atomic E-state index is 4.89. The third-order valence-corrected chi connectivity index (χ3v) is 2.59. The molecule has 17 heavy (non-hydrogen) atoms. The van der Waals surface area contributed by atoms with Gasteiger partial charge >= 0.3 is 32.7 Å². The molecule has 0 amide bonds. The zero-order valence-corrected chi connectivity index (χ0v) is 15.0. The van der Waals surface area contributed by atoms with Gasteiger partial charge in [0.05, 0.1) is 0 Å². The van der Waals surface area contributed by atoms with Crippen molar-refractivity contribution in [2.45, 2.75) is 53.4 Å². The van der Waals surface area contributed by atoms with Crippen LogP contribution >= 0.6 is 0 Å². The van der Waals surface area contributed by atoms with Crippen LogP contribution in [0.3, 0.4) is 0 Å². The molecule has 1 heteroatoms. The van der Waals surface area contributed by atoms with Crippen molar-refractivity contribution in [1.82, 2.24) is 0 Å². The molecule has 0 saturated heterocycles. The van der Waals surface area contributed by atoms with Crippen molar-refractivity contribution in [3.63, 3.8) is 0 Å². The molecule has 0 spiro atoms. The summed E-state index contributed by atoms with van der Waals surface area (Å²) in [6, 6.07) is 0. The number of rotatable bonds is 2. The second-order valence-electron chi connectivity index (χ2n) is 4.49. The van der Waals surface area contributed by atoms with Gasteiger partial charge in [-0.05, 0) is 11.8 Å². The molecule has 0 radical (unpaired) electrons. The van der Waals surface area contributed by atoms with Gasteiger partial charge in [0.25, 0.3) is 0 Å². The molecule has 0 bridgehead atoms. The number of hydrogen-bond acceptors (Lipinski definition) is 0. The molecule has 0 unspecified atom stereocenters. The molecule has 0 heterocycles. The van der Waals surface area contributed by atoms with Gasteiger partial charge < -0.3 is 6.42 Å². The molecule has 1 fully saturated rings. The zero-order valence-electron chi connectivity index (χ0n) is 12.2. The first-order valence-electron chi connectivity index (χ1n) is 6.37. The van der Waals surface area contributed by atoms with E-state index in [1.807, 2.05) is 20.3 Å². The fourth-order valence-electron chi connectivity index (χ4n) is 1.70. The van der Waals surface area contributed by atoms with Crippen LogP contribution in [0.5, 0.6) is 0 Å². The molecule has 0 nitrogen and oxygen atoms in total. The molecule has 0 N–H and O–H groups in total. The molecule has 0 aromatic rings. The average molecular weight is 310 g/mol. The molecular weight excluding hydrogens is 281 g/mol. The van der Waals surface area contributed by atoms with Crippen LogP contribution in [-0.2, 0) is 32.7 Å². The molecule has 0 aliphatic heterocycles. The monoisotopic (exact) mass is 310 g/mol. The smallest absolute Gasteiger partial charge is 0.335 e. The van der Waals surface area contributed by atoms with Gasteiger partial charge in [0, 0.05) is 0 Å². The Morgan fingerprint density at radius 3 is 1.76 bits per heavy atom. The third-order valence-electron chi connectivity index (χ3n) is 2.59. The quantitative estimate of drug-likeness (QED) is 0.471. The van der Waals surface area contributed by atoms with Crippen molar-refractivity contribution in [3.05, 3.63) is 38.2 Å². The van der Waals surface area contributed by atoms with Crippen LogP contribution in [0.4, 0.5) is 0 Å². The van der Waals surface area contributed by atoms with E-state index in [9.17, 15) is 0 Å². The molecule has 0 aromatic heterocycles. The van der Waals surface area contributed by atoms with Crippen molar-refractivity contribution < 1.29 is 32.7 Å². The van der Waals surface area contributed by atoms with Gasteiger partial charge in [-0.25, -0.2) is 25.2 Å². The summed E-state index contributed by atoms with van der Waals surface area (Å²) in [4.78, 5) is 0. The van der Waals surface area contributed by atoms with Crippen LogP contribution in [-0.4, -0.2) is 0 Å². The Labute approximate surface area is 135 Å². The first-order chi connectivity index (χ1) is 7.63. The van der Waals surface area contributed by atoms with Crippen LogP contribution in [0, 0.1) is 31.8 Å². The van der Waals surface area contributed by atoms with Crippen molar-refractivity contribution in [2.75, 3.05) is 0 Å². The molecule has 1 aliphatic carbocycles. The van der Waals surface area contributed by atoms with Crippen molar-refractivity contribution >= 4 is 0 Å². The van der Waals surface area contributed by atoms with Crippen LogP contribution in [0.2, 0.25) is 0 Å². The van der Waals surface area contributed by atoms with E-state index in [1.165, 1.54) is 31.8 Å². The zero-order chi connectivity index (χ0) is 12.8. The Kier molecular flexibility index (Phi) is 25.0. The van der Waals surface area contributed by atoms with Gasteiger partial charge in [-0.1, -0.05) is 39.5 Å². The number of hydrogen-bond donors (Lipinski definition) is 0. The molecule has 1 saturated carbocycles. The molecule has 96 valence electrons. The largest absolute Gasteiger partial charge is 3.00 e. The first-order valence-corrected chi connectivity index (χ1v) is 6.37. The summed E-state index contributed by atoms with van der Waals surface area (Å²) in [5.41, 5.74) is 0. The summed E-state index contributed by atoms with van der Waals surface area (Å²) in [6.45, 7) is 17.0. The van der Waals surface area contributed by atoms with E-state index in [2.05, 4.69) is 20.8 Å². The van der Waals surface area contributed by atoms with Crippen LogP contribution in [0.15, 0.2) is 18.2 Å². The predicted octanol–water partition coefficient (Wildman–Crippen LogP) is 5.43. The maximum Gasteiger partial charge on any atom is 3.00 e. The minimum absolute atomic E-state index is 0. The minimum atomic E-state index is 0. The standard InChI is InChI=1S/C8H16.C5H6.C3H7.Y/c1-7(2)8-5-3-4-6-8;1-3-5-4-2;1-3-2;/h7-8H,3-6H2,1-2H3;1,3-5H,2H2;3H,1-2H3;/q;-2;-1;+3. The van der Waals surface area contributed by atoms with Crippen molar-refractivity contribution in [2.24, 2.45) is 11.8 Å². The van der Waals surface area contributed by atoms with E-state index < -0.39 is 0 Å². The van der Waals surface area contributed by atoms with Crippen LogP contribution in [0.1, 0.15) is 53.4 Å². The molecular formula is C16H29Y. The Morgan fingerprint density at radius 1 is 1.24 bits per heavy atom. The summed E-state index contributed by atoms with van der Waals surface area (Å²) in [6.07, 6.45) is 12.7. The maximum atomic E-state index is 4.89. The van der Waals surface area contributed by atoms with Gasteiger partial charge in [0.15, 0.2) is 0 Å². The fraction of sp³-hybridized carbons (Fsp3) is 0.625. The Bertz CT molecular complexity index is 153.